The van der Waals surface area contributed by atoms with Gasteiger partial charge in [-0.1, -0.05) is 37.1 Å². The maximum Gasteiger partial charge on any atom is 0.451 e. The largest absolute Gasteiger partial charge is 0.480 e. The molecule has 0 radical (unpaired) electrons. The molecule has 0 amide bonds. The first-order chi connectivity index (χ1) is 12.4. The zero-order valence-electron chi connectivity index (χ0n) is 15.9. The van der Waals surface area contributed by atoms with Crippen molar-refractivity contribution >= 4 is 37.9 Å². The minimum atomic E-state index is -1.37. The van der Waals surface area contributed by atoms with Crippen LogP contribution >= 0.6 is 24.8 Å². The second kappa shape index (κ2) is 12.6. The molecule has 7 nitrogen and oxygen atoms in total. The zero-order chi connectivity index (χ0) is 19.2. The Morgan fingerprint density at radius 2 is 1.82 bits per heavy atom. The number of unbranched alkanes of at least 4 members (excludes halogenated alkanes) is 1. The van der Waals surface area contributed by atoms with Gasteiger partial charge in [-0.05, 0) is 36.7 Å². The highest BCUT2D eigenvalue weighted by Crippen LogP contribution is 2.25. The van der Waals surface area contributed by atoms with Gasteiger partial charge in [0.25, 0.3) is 0 Å². The fraction of sp³-hybridized carbons (Fsp3) is 0.611. The summed E-state index contributed by atoms with van der Waals surface area (Å²) in [6, 6.07) is 8.06. The lowest BCUT2D eigenvalue weighted by Crippen LogP contribution is -2.52. The van der Waals surface area contributed by atoms with E-state index in [0.717, 1.165) is 6.42 Å². The van der Waals surface area contributed by atoms with Crippen molar-refractivity contribution in [1.29, 1.82) is 0 Å². The van der Waals surface area contributed by atoms with E-state index in [9.17, 15) is 15.0 Å². The van der Waals surface area contributed by atoms with Gasteiger partial charge in [-0.2, -0.15) is 0 Å². The lowest BCUT2D eigenvalue weighted by atomic mass is 9.81. The minimum Gasteiger partial charge on any atom is -0.480 e. The molecule has 1 aliphatic rings. The normalized spacial score (nSPS) is 18.2. The highest BCUT2D eigenvalue weighted by Gasteiger charge is 2.35. The number of aliphatic hydroxyl groups excluding tert-OH is 1. The third-order valence-corrected chi connectivity index (χ3v) is 5.28. The van der Waals surface area contributed by atoms with Crippen LogP contribution in [0.1, 0.15) is 36.8 Å². The quantitative estimate of drug-likeness (QED) is 0.274. The van der Waals surface area contributed by atoms with Crippen molar-refractivity contribution in [3.63, 3.8) is 0 Å². The van der Waals surface area contributed by atoms with E-state index in [1.54, 1.807) is 0 Å². The van der Waals surface area contributed by atoms with Gasteiger partial charge in [-0.3, -0.25) is 9.69 Å². The molecule has 1 aromatic rings. The smallest absolute Gasteiger partial charge is 0.451 e. The third kappa shape index (κ3) is 7.52. The van der Waals surface area contributed by atoms with E-state index in [4.69, 9.17) is 15.8 Å². The third-order valence-electron chi connectivity index (χ3n) is 5.28. The molecule has 0 saturated carbocycles. The number of fused-ring (bicyclic) bond motifs is 1. The molecule has 0 bridgehead atoms. The molecule has 6 N–H and O–H groups in total. The topological polar surface area (TPSA) is 127 Å². The molecule has 0 aliphatic carbocycles. The summed E-state index contributed by atoms with van der Waals surface area (Å²) in [7, 11) is -1.37. The molecule has 0 aromatic heterocycles. The molecule has 0 saturated heterocycles. The summed E-state index contributed by atoms with van der Waals surface area (Å²) in [6.45, 7) is 1.19. The first kappa shape index (κ1) is 27.1. The molecule has 1 aromatic carbocycles. The predicted molar refractivity (Wildman–Crippen MR) is 114 cm³/mol. The summed E-state index contributed by atoms with van der Waals surface area (Å²) in [5.41, 5.74) is 7.22. The fourth-order valence-electron chi connectivity index (χ4n) is 3.53. The van der Waals surface area contributed by atoms with Crippen molar-refractivity contribution in [2.75, 3.05) is 13.2 Å². The van der Waals surface area contributed by atoms with E-state index in [2.05, 4.69) is 17.0 Å². The lowest BCUT2D eigenvalue weighted by molar-refractivity contribution is -0.144. The van der Waals surface area contributed by atoms with Crippen LogP contribution < -0.4 is 5.73 Å². The zero-order valence-corrected chi connectivity index (χ0v) is 17.5. The van der Waals surface area contributed by atoms with Gasteiger partial charge in [-0.25, -0.2) is 0 Å². The van der Waals surface area contributed by atoms with Crippen molar-refractivity contribution in [3.8, 4) is 0 Å². The SMILES string of the molecule is Cl.Cl.NC(CCCCB(O)O)(CCN1Cc2ccccc2CC1CO)C(=O)O. The van der Waals surface area contributed by atoms with Crippen LogP contribution in [0, 0.1) is 0 Å². The molecule has 2 unspecified atom stereocenters. The van der Waals surface area contributed by atoms with E-state index >= 15 is 0 Å². The molecule has 10 heteroatoms. The van der Waals surface area contributed by atoms with Crippen molar-refractivity contribution in [1.82, 2.24) is 4.90 Å². The number of hydrogen-bond acceptors (Lipinski definition) is 6. The monoisotopic (exact) mass is 436 g/mol. The van der Waals surface area contributed by atoms with E-state index in [0.29, 0.717) is 25.9 Å². The van der Waals surface area contributed by atoms with Gasteiger partial charge in [0.1, 0.15) is 5.54 Å². The summed E-state index contributed by atoms with van der Waals surface area (Å²) in [6.07, 6.45) is 2.55. The number of carbonyl (C=O) groups is 1. The van der Waals surface area contributed by atoms with Gasteiger partial charge in [-0.15, -0.1) is 24.8 Å². The molecule has 0 fully saturated rings. The molecule has 0 spiro atoms. The number of aliphatic hydroxyl groups is 1. The van der Waals surface area contributed by atoms with E-state index in [1.807, 2.05) is 12.1 Å². The Bertz CT molecular complexity index is 611. The molecule has 2 rings (SSSR count). The van der Waals surface area contributed by atoms with Crippen LogP contribution in [-0.2, 0) is 17.8 Å². The average molecular weight is 437 g/mol. The van der Waals surface area contributed by atoms with Crippen molar-refractivity contribution < 1.29 is 25.1 Å². The molecule has 160 valence electrons. The van der Waals surface area contributed by atoms with Crippen LogP contribution in [0.2, 0.25) is 6.32 Å². The van der Waals surface area contributed by atoms with Crippen LogP contribution in [0.5, 0.6) is 0 Å². The van der Waals surface area contributed by atoms with Gasteiger partial charge in [0.2, 0.25) is 0 Å². The first-order valence-electron chi connectivity index (χ1n) is 9.16. The molecule has 28 heavy (non-hydrogen) atoms. The molecular weight excluding hydrogens is 406 g/mol. The fourth-order valence-corrected chi connectivity index (χ4v) is 3.53. The second-order valence-corrected chi connectivity index (χ2v) is 7.22. The number of nitrogens with zero attached hydrogens (tertiary/aromatic N) is 1. The summed E-state index contributed by atoms with van der Waals surface area (Å²) in [4.78, 5) is 13.8. The summed E-state index contributed by atoms with van der Waals surface area (Å²) in [5.74, 6) is -1.04. The number of carboxylic acids is 1. The van der Waals surface area contributed by atoms with Gasteiger partial charge in [0.05, 0.1) is 6.61 Å². The first-order valence-corrected chi connectivity index (χ1v) is 9.16. The minimum absolute atomic E-state index is 0. The van der Waals surface area contributed by atoms with Crippen LogP contribution in [-0.4, -0.2) is 63.0 Å². The van der Waals surface area contributed by atoms with E-state index < -0.39 is 18.6 Å². The Balaban J connectivity index is 0.00000364. The highest BCUT2D eigenvalue weighted by molar-refractivity contribution is 6.40. The van der Waals surface area contributed by atoms with Gasteiger partial charge in [0.15, 0.2) is 0 Å². The number of nitrogens with two attached hydrogens (primary N) is 1. The Kier molecular flexibility index (Phi) is 12.3. The van der Waals surface area contributed by atoms with Crippen LogP contribution in [0.15, 0.2) is 24.3 Å². The summed E-state index contributed by atoms with van der Waals surface area (Å²) < 4.78 is 0. The molecular formula is C18H31BCl2N2O5. The maximum absolute atomic E-state index is 11.7. The van der Waals surface area contributed by atoms with Crippen LogP contribution in [0.4, 0.5) is 0 Å². The molecule has 2 atom stereocenters. The Labute approximate surface area is 178 Å². The van der Waals surface area contributed by atoms with Crippen molar-refractivity contribution in [2.45, 2.75) is 56.5 Å². The van der Waals surface area contributed by atoms with Crippen LogP contribution in [0.25, 0.3) is 0 Å². The van der Waals surface area contributed by atoms with Crippen molar-refractivity contribution in [3.05, 3.63) is 35.4 Å². The summed E-state index contributed by atoms with van der Waals surface area (Å²) >= 11 is 0. The number of halogens is 2. The second-order valence-electron chi connectivity index (χ2n) is 7.22. The van der Waals surface area contributed by atoms with Crippen molar-refractivity contribution in [2.24, 2.45) is 5.73 Å². The molecule has 1 heterocycles. The average Bonchev–Trinajstić information content (AvgIpc) is 2.62. The van der Waals surface area contributed by atoms with E-state index in [1.165, 1.54) is 11.1 Å². The standard InChI is InChI=1S/C18H29BN2O5.2ClH/c20-18(17(23)24,7-3-4-9-19(25)26)8-10-21-12-15-6-2-1-5-14(15)11-16(21)13-22;;/h1-2,5-6,16,22,25-26H,3-4,7-13,20H2,(H,23,24);2*1H. The number of rotatable bonds is 10. The molecule has 1 aliphatic heterocycles. The van der Waals surface area contributed by atoms with Gasteiger partial charge < -0.3 is 26.0 Å². The number of hydrogen-bond donors (Lipinski definition) is 5. The number of aliphatic carboxylic acids is 1. The highest BCUT2D eigenvalue weighted by atomic mass is 35.5. The Hall–Kier alpha value is -0.865. The van der Waals surface area contributed by atoms with Gasteiger partial charge >= 0.3 is 13.1 Å². The maximum atomic E-state index is 11.7. The number of carboxylic acid groups (broad SMARTS) is 1. The Morgan fingerprint density at radius 1 is 1.18 bits per heavy atom. The Morgan fingerprint density at radius 3 is 2.39 bits per heavy atom. The van der Waals surface area contributed by atoms with Gasteiger partial charge in [0, 0.05) is 19.1 Å². The predicted octanol–water partition coefficient (Wildman–Crippen LogP) is 1.06. The summed E-state index contributed by atoms with van der Waals surface area (Å²) in [5, 5.41) is 37.0. The lowest BCUT2D eigenvalue weighted by Gasteiger charge is -2.37. The number of benzene rings is 1. The van der Waals surface area contributed by atoms with E-state index in [-0.39, 0.29) is 56.6 Å². The van der Waals surface area contributed by atoms with Crippen LogP contribution in [0.3, 0.4) is 0 Å².